The Morgan fingerprint density at radius 3 is 2.96 bits per heavy atom. The first-order valence-corrected chi connectivity index (χ1v) is 8.94. The molecule has 26 heavy (non-hydrogen) atoms. The first-order valence-electron chi connectivity index (χ1n) is 7.68. The molecule has 1 aromatic carbocycles. The number of halogens is 1. The number of fused-ring (bicyclic) bond motifs is 1. The molecule has 1 aliphatic heterocycles. The van der Waals surface area contributed by atoms with Gasteiger partial charge in [-0.1, -0.05) is 11.6 Å². The number of thiazole rings is 1. The summed E-state index contributed by atoms with van der Waals surface area (Å²) >= 11 is 7.21. The number of hydrogen-bond donors (Lipinski definition) is 2. The first-order chi connectivity index (χ1) is 12.7. The number of carbonyl (C=O) groups excluding carboxylic acids is 1. The maximum atomic E-state index is 12.2. The largest absolute Gasteiger partial charge is 0.454 e. The van der Waals surface area contributed by atoms with Gasteiger partial charge in [0.1, 0.15) is 5.82 Å². The van der Waals surface area contributed by atoms with Crippen LogP contribution in [0, 0.1) is 0 Å². The lowest BCUT2D eigenvalue weighted by Gasteiger charge is -2.05. The van der Waals surface area contributed by atoms with E-state index in [9.17, 15) is 4.79 Å². The van der Waals surface area contributed by atoms with Gasteiger partial charge in [0.05, 0.1) is 17.1 Å². The molecule has 0 spiro atoms. The summed E-state index contributed by atoms with van der Waals surface area (Å²) in [5.74, 6) is 1.78. The zero-order chi connectivity index (χ0) is 17.9. The van der Waals surface area contributed by atoms with E-state index >= 15 is 0 Å². The van der Waals surface area contributed by atoms with Crippen LogP contribution in [0.1, 0.15) is 5.69 Å². The standard InChI is InChI=1S/C17H13ClN4O3S/c18-10-1-4-15(19-7-10)22-17-21-12(8-26-17)6-16(23)20-11-2-3-13-14(5-11)25-9-24-13/h1-5,7-8H,6,9H2,(H,20,23)(H,19,21,22). The number of anilines is 3. The van der Waals surface area contributed by atoms with Crippen molar-refractivity contribution in [2.24, 2.45) is 0 Å². The molecular formula is C17H13ClN4O3S. The van der Waals surface area contributed by atoms with Crippen molar-refractivity contribution in [3.8, 4) is 11.5 Å². The number of carbonyl (C=O) groups is 1. The highest BCUT2D eigenvalue weighted by molar-refractivity contribution is 7.13. The Bertz CT molecular complexity index is 945. The highest BCUT2D eigenvalue weighted by Crippen LogP contribution is 2.34. The smallest absolute Gasteiger partial charge is 0.231 e. The maximum absolute atomic E-state index is 12.2. The number of pyridine rings is 1. The van der Waals surface area contributed by atoms with Gasteiger partial charge in [-0.25, -0.2) is 9.97 Å². The molecule has 2 aromatic heterocycles. The zero-order valence-electron chi connectivity index (χ0n) is 13.4. The van der Waals surface area contributed by atoms with Crippen molar-refractivity contribution in [2.75, 3.05) is 17.4 Å². The molecule has 0 saturated carbocycles. The molecule has 3 heterocycles. The fourth-order valence-corrected chi connectivity index (χ4v) is 3.18. The molecule has 7 nitrogen and oxygen atoms in total. The van der Waals surface area contributed by atoms with Crippen LogP contribution in [0.4, 0.5) is 16.6 Å². The van der Waals surface area contributed by atoms with E-state index in [0.29, 0.717) is 38.9 Å². The van der Waals surface area contributed by atoms with Gasteiger partial charge in [-0.2, -0.15) is 0 Å². The molecule has 1 aliphatic rings. The van der Waals surface area contributed by atoms with Crippen LogP contribution in [0.15, 0.2) is 41.9 Å². The van der Waals surface area contributed by atoms with Crippen LogP contribution < -0.4 is 20.1 Å². The zero-order valence-corrected chi connectivity index (χ0v) is 14.9. The Balaban J connectivity index is 1.36. The molecule has 4 rings (SSSR count). The van der Waals surface area contributed by atoms with Crippen molar-refractivity contribution in [3.05, 3.63) is 52.6 Å². The second-order valence-corrected chi connectivity index (χ2v) is 6.72. The van der Waals surface area contributed by atoms with E-state index in [1.54, 1.807) is 36.5 Å². The molecule has 0 bridgehead atoms. The van der Waals surface area contributed by atoms with Gasteiger partial charge in [0.15, 0.2) is 16.6 Å². The van der Waals surface area contributed by atoms with Gasteiger partial charge in [-0.05, 0) is 24.3 Å². The van der Waals surface area contributed by atoms with Gasteiger partial charge in [0, 0.05) is 23.3 Å². The van der Waals surface area contributed by atoms with Crippen LogP contribution in [-0.2, 0) is 11.2 Å². The minimum absolute atomic E-state index is 0.162. The summed E-state index contributed by atoms with van der Waals surface area (Å²) < 4.78 is 10.5. The Labute approximate surface area is 158 Å². The summed E-state index contributed by atoms with van der Waals surface area (Å²) in [6, 6.07) is 8.77. The van der Waals surface area contributed by atoms with Gasteiger partial charge in [0.2, 0.25) is 12.7 Å². The van der Waals surface area contributed by atoms with Gasteiger partial charge in [-0.3, -0.25) is 4.79 Å². The molecule has 0 aliphatic carbocycles. The van der Waals surface area contributed by atoms with Crippen molar-refractivity contribution < 1.29 is 14.3 Å². The van der Waals surface area contributed by atoms with Gasteiger partial charge in [-0.15, -0.1) is 11.3 Å². The van der Waals surface area contributed by atoms with Crippen LogP contribution in [0.3, 0.4) is 0 Å². The lowest BCUT2D eigenvalue weighted by molar-refractivity contribution is -0.115. The second kappa shape index (κ2) is 7.19. The second-order valence-electron chi connectivity index (χ2n) is 5.42. The van der Waals surface area contributed by atoms with E-state index in [1.165, 1.54) is 11.3 Å². The molecular weight excluding hydrogens is 376 g/mol. The monoisotopic (exact) mass is 388 g/mol. The predicted octanol–water partition coefficient (Wildman–Crippen LogP) is 3.85. The summed E-state index contributed by atoms with van der Waals surface area (Å²) in [5, 5.41) is 8.96. The molecule has 9 heteroatoms. The molecule has 0 fully saturated rings. The molecule has 0 atom stereocenters. The molecule has 0 radical (unpaired) electrons. The van der Waals surface area contributed by atoms with Crippen LogP contribution in [0.2, 0.25) is 5.02 Å². The van der Waals surface area contributed by atoms with Crippen LogP contribution in [0.5, 0.6) is 11.5 Å². The summed E-state index contributed by atoms with van der Waals surface area (Å²) in [6.45, 7) is 0.198. The summed E-state index contributed by atoms with van der Waals surface area (Å²) in [5.41, 5.74) is 1.32. The fourth-order valence-electron chi connectivity index (χ4n) is 2.35. The van der Waals surface area contributed by atoms with E-state index in [2.05, 4.69) is 20.6 Å². The average molecular weight is 389 g/mol. The minimum atomic E-state index is -0.162. The number of aromatic nitrogens is 2. The van der Waals surface area contributed by atoms with E-state index in [1.807, 2.05) is 5.38 Å². The third-order valence-corrected chi connectivity index (χ3v) is 4.54. The number of ether oxygens (including phenoxy) is 2. The Morgan fingerprint density at radius 2 is 2.12 bits per heavy atom. The SMILES string of the molecule is O=C(Cc1csc(Nc2ccc(Cl)cn2)n1)Nc1ccc2c(c1)OCO2. The minimum Gasteiger partial charge on any atom is -0.454 e. The molecule has 0 unspecified atom stereocenters. The quantitative estimate of drug-likeness (QED) is 0.690. The molecule has 132 valence electrons. The summed E-state index contributed by atoms with van der Waals surface area (Å²) in [4.78, 5) is 20.8. The number of nitrogens with one attached hydrogen (secondary N) is 2. The number of benzene rings is 1. The van der Waals surface area contributed by atoms with Gasteiger partial charge in [0.25, 0.3) is 0 Å². The van der Waals surface area contributed by atoms with Crippen LogP contribution in [0.25, 0.3) is 0 Å². The molecule has 0 saturated heterocycles. The van der Waals surface area contributed by atoms with E-state index in [-0.39, 0.29) is 19.1 Å². The van der Waals surface area contributed by atoms with Crippen molar-refractivity contribution in [3.63, 3.8) is 0 Å². The van der Waals surface area contributed by atoms with Crippen molar-refractivity contribution >= 4 is 45.5 Å². The summed E-state index contributed by atoms with van der Waals surface area (Å²) in [6.07, 6.45) is 1.72. The number of hydrogen-bond acceptors (Lipinski definition) is 7. The van der Waals surface area contributed by atoms with E-state index in [4.69, 9.17) is 21.1 Å². The van der Waals surface area contributed by atoms with Crippen molar-refractivity contribution in [1.29, 1.82) is 0 Å². The third-order valence-electron chi connectivity index (χ3n) is 3.51. The van der Waals surface area contributed by atoms with Crippen molar-refractivity contribution in [1.82, 2.24) is 9.97 Å². The third kappa shape index (κ3) is 3.87. The van der Waals surface area contributed by atoms with Crippen LogP contribution in [-0.4, -0.2) is 22.7 Å². The fraction of sp³-hybridized carbons (Fsp3) is 0.118. The number of nitrogens with zero attached hydrogens (tertiary/aromatic N) is 2. The number of rotatable bonds is 5. The highest BCUT2D eigenvalue weighted by atomic mass is 35.5. The summed E-state index contributed by atoms with van der Waals surface area (Å²) in [7, 11) is 0. The van der Waals surface area contributed by atoms with E-state index < -0.39 is 0 Å². The lowest BCUT2D eigenvalue weighted by atomic mass is 10.2. The normalized spacial score (nSPS) is 12.0. The molecule has 1 amide bonds. The Kier molecular flexibility index (Phi) is 4.59. The van der Waals surface area contributed by atoms with Crippen molar-refractivity contribution in [2.45, 2.75) is 6.42 Å². The van der Waals surface area contributed by atoms with Crippen LogP contribution >= 0.6 is 22.9 Å². The Morgan fingerprint density at radius 1 is 1.23 bits per heavy atom. The van der Waals surface area contributed by atoms with Gasteiger partial charge < -0.3 is 20.1 Å². The Hall–Kier alpha value is -2.84. The van der Waals surface area contributed by atoms with Gasteiger partial charge >= 0.3 is 0 Å². The topological polar surface area (TPSA) is 85.4 Å². The average Bonchev–Trinajstić information content (AvgIpc) is 3.25. The maximum Gasteiger partial charge on any atom is 0.231 e. The number of amides is 1. The molecule has 2 N–H and O–H groups in total. The predicted molar refractivity (Wildman–Crippen MR) is 99.5 cm³/mol. The first kappa shape index (κ1) is 16.6. The lowest BCUT2D eigenvalue weighted by Crippen LogP contribution is -2.14. The highest BCUT2D eigenvalue weighted by Gasteiger charge is 2.15. The van der Waals surface area contributed by atoms with E-state index in [0.717, 1.165) is 0 Å². The molecule has 3 aromatic rings.